The number of hydrogen-bond acceptors (Lipinski definition) is 1. The molecule has 22 heavy (non-hydrogen) atoms. The number of rotatable bonds is 4. The molecule has 0 aliphatic heterocycles. The number of aromatic nitrogens is 1. The summed E-state index contributed by atoms with van der Waals surface area (Å²) in [6.07, 6.45) is 9.24. The SMILES string of the molecule is CCc1ccc2c(ccn2CC(=O)N(C)C2CCCCC2)c1. The molecule has 1 aliphatic carbocycles. The fraction of sp³-hybridized carbons (Fsp3) is 0.526. The third kappa shape index (κ3) is 3.03. The standard InChI is InChI=1S/C19H26N2O/c1-3-15-9-10-18-16(13-15)11-12-21(18)14-19(22)20(2)17-7-5-4-6-8-17/h9-13,17H,3-8,14H2,1-2H3. The van der Waals surface area contributed by atoms with Crippen LogP contribution in [0.2, 0.25) is 0 Å². The highest BCUT2D eigenvalue weighted by Gasteiger charge is 2.22. The zero-order chi connectivity index (χ0) is 15.5. The molecule has 0 saturated heterocycles. The van der Waals surface area contributed by atoms with Gasteiger partial charge in [-0.05, 0) is 48.4 Å². The van der Waals surface area contributed by atoms with Gasteiger partial charge in [-0.2, -0.15) is 0 Å². The van der Waals surface area contributed by atoms with Gasteiger partial charge in [-0.3, -0.25) is 4.79 Å². The molecule has 1 fully saturated rings. The van der Waals surface area contributed by atoms with Crippen LogP contribution >= 0.6 is 0 Å². The van der Waals surface area contributed by atoms with E-state index in [-0.39, 0.29) is 5.91 Å². The van der Waals surface area contributed by atoms with Crippen LogP contribution in [0.5, 0.6) is 0 Å². The van der Waals surface area contributed by atoms with Crippen LogP contribution in [-0.2, 0) is 17.8 Å². The highest BCUT2D eigenvalue weighted by molar-refractivity contribution is 5.84. The third-order valence-electron chi connectivity index (χ3n) is 5.07. The molecule has 1 heterocycles. The van der Waals surface area contributed by atoms with Crippen LogP contribution in [0.4, 0.5) is 0 Å². The van der Waals surface area contributed by atoms with Crippen molar-refractivity contribution in [1.82, 2.24) is 9.47 Å². The molecule has 1 aromatic carbocycles. The van der Waals surface area contributed by atoms with Gasteiger partial charge in [-0.1, -0.05) is 32.3 Å². The summed E-state index contributed by atoms with van der Waals surface area (Å²) in [5.74, 6) is 0.226. The molecule has 1 aromatic heterocycles. The molecule has 3 rings (SSSR count). The molecular formula is C19H26N2O. The maximum Gasteiger partial charge on any atom is 0.242 e. The Kier molecular flexibility index (Phi) is 4.51. The summed E-state index contributed by atoms with van der Waals surface area (Å²) in [6, 6.07) is 9.08. The Morgan fingerprint density at radius 1 is 1.23 bits per heavy atom. The van der Waals surface area contributed by atoms with Crippen LogP contribution in [0.15, 0.2) is 30.5 Å². The molecule has 0 bridgehead atoms. The summed E-state index contributed by atoms with van der Waals surface area (Å²) in [7, 11) is 1.97. The molecule has 0 spiro atoms. The number of nitrogens with zero attached hydrogens (tertiary/aromatic N) is 2. The molecule has 118 valence electrons. The maximum atomic E-state index is 12.6. The van der Waals surface area contributed by atoms with Crippen LogP contribution in [0, 0.1) is 0 Å². The van der Waals surface area contributed by atoms with E-state index in [0.29, 0.717) is 12.6 Å². The van der Waals surface area contributed by atoms with Crippen molar-refractivity contribution in [3.05, 3.63) is 36.0 Å². The Hall–Kier alpha value is -1.77. The quantitative estimate of drug-likeness (QED) is 0.837. The minimum Gasteiger partial charge on any atom is -0.341 e. The summed E-state index contributed by atoms with van der Waals surface area (Å²) >= 11 is 0. The first-order valence-electron chi connectivity index (χ1n) is 8.52. The number of likely N-dealkylation sites (N-methyl/N-ethyl adjacent to an activating group) is 1. The van der Waals surface area contributed by atoms with E-state index in [0.717, 1.165) is 24.8 Å². The minimum absolute atomic E-state index is 0.226. The number of amides is 1. The van der Waals surface area contributed by atoms with Crippen LogP contribution in [-0.4, -0.2) is 28.5 Å². The Labute approximate surface area is 132 Å². The molecule has 1 aliphatic rings. The first kappa shape index (κ1) is 15.1. The van der Waals surface area contributed by atoms with Gasteiger partial charge >= 0.3 is 0 Å². The molecule has 0 radical (unpaired) electrons. The normalized spacial score (nSPS) is 16.1. The molecular weight excluding hydrogens is 272 g/mol. The zero-order valence-corrected chi connectivity index (χ0v) is 13.7. The topological polar surface area (TPSA) is 25.2 Å². The second-order valence-electron chi connectivity index (χ2n) is 6.49. The lowest BCUT2D eigenvalue weighted by Gasteiger charge is -2.31. The summed E-state index contributed by atoms with van der Waals surface area (Å²) in [6.45, 7) is 2.61. The van der Waals surface area contributed by atoms with Gasteiger partial charge in [-0.15, -0.1) is 0 Å². The molecule has 1 amide bonds. The average molecular weight is 298 g/mol. The van der Waals surface area contributed by atoms with Crippen LogP contribution < -0.4 is 0 Å². The first-order valence-corrected chi connectivity index (χ1v) is 8.52. The number of hydrogen-bond donors (Lipinski definition) is 0. The smallest absolute Gasteiger partial charge is 0.242 e. The number of fused-ring (bicyclic) bond motifs is 1. The van der Waals surface area contributed by atoms with Gasteiger partial charge < -0.3 is 9.47 Å². The van der Waals surface area contributed by atoms with E-state index in [4.69, 9.17) is 0 Å². The largest absolute Gasteiger partial charge is 0.341 e. The Morgan fingerprint density at radius 3 is 2.73 bits per heavy atom. The summed E-state index contributed by atoms with van der Waals surface area (Å²) in [5, 5.41) is 1.23. The van der Waals surface area contributed by atoms with Crippen molar-refractivity contribution >= 4 is 16.8 Å². The summed E-state index contributed by atoms with van der Waals surface area (Å²) < 4.78 is 2.08. The van der Waals surface area contributed by atoms with Crippen molar-refractivity contribution in [3.63, 3.8) is 0 Å². The Bertz CT molecular complexity index is 652. The Balaban J connectivity index is 1.73. The van der Waals surface area contributed by atoms with E-state index in [1.165, 1.54) is 30.2 Å². The van der Waals surface area contributed by atoms with Crippen molar-refractivity contribution in [2.24, 2.45) is 0 Å². The van der Waals surface area contributed by atoms with Crippen molar-refractivity contribution in [2.75, 3.05) is 7.05 Å². The van der Waals surface area contributed by atoms with Crippen LogP contribution in [0.25, 0.3) is 10.9 Å². The number of aryl methyl sites for hydroxylation is 1. The average Bonchev–Trinajstić information content (AvgIpc) is 2.97. The monoisotopic (exact) mass is 298 g/mol. The van der Waals surface area contributed by atoms with Crippen molar-refractivity contribution < 1.29 is 4.79 Å². The fourth-order valence-corrected chi connectivity index (χ4v) is 3.54. The second-order valence-corrected chi connectivity index (χ2v) is 6.49. The number of carbonyl (C=O) groups is 1. The van der Waals surface area contributed by atoms with Gasteiger partial charge in [-0.25, -0.2) is 0 Å². The lowest BCUT2D eigenvalue weighted by molar-refractivity contribution is -0.133. The predicted molar refractivity (Wildman–Crippen MR) is 91.0 cm³/mol. The van der Waals surface area contributed by atoms with E-state index in [1.807, 2.05) is 18.1 Å². The van der Waals surface area contributed by atoms with E-state index in [2.05, 4.69) is 35.8 Å². The molecule has 2 aromatic rings. The van der Waals surface area contributed by atoms with Crippen molar-refractivity contribution in [1.29, 1.82) is 0 Å². The lowest BCUT2D eigenvalue weighted by atomic mass is 9.94. The molecule has 0 N–H and O–H groups in total. The molecule has 1 saturated carbocycles. The first-order chi connectivity index (χ1) is 10.7. The third-order valence-corrected chi connectivity index (χ3v) is 5.07. The van der Waals surface area contributed by atoms with E-state index in [1.54, 1.807) is 0 Å². The molecule has 0 unspecified atom stereocenters. The van der Waals surface area contributed by atoms with E-state index in [9.17, 15) is 4.79 Å². The molecule has 0 atom stereocenters. The second kappa shape index (κ2) is 6.55. The summed E-state index contributed by atoms with van der Waals surface area (Å²) in [5.41, 5.74) is 2.50. The van der Waals surface area contributed by atoms with Gasteiger partial charge in [0, 0.05) is 24.8 Å². The highest BCUT2D eigenvalue weighted by Crippen LogP contribution is 2.23. The minimum atomic E-state index is 0.226. The van der Waals surface area contributed by atoms with Gasteiger partial charge in [0.1, 0.15) is 6.54 Å². The summed E-state index contributed by atoms with van der Waals surface area (Å²) in [4.78, 5) is 14.6. The van der Waals surface area contributed by atoms with E-state index >= 15 is 0 Å². The van der Waals surface area contributed by atoms with Gasteiger partial charge in [0.05, 0.1) is 0 Å². The molecule has 3 heteroatoms. The zero-order valence-electron chi connectivity index (χ0n) is 13.7. The van der Waals surface area contributed by atoms with Crippen molar-refractivity contribution in [2.45, 2.75) is 58.0 Å². The van der Waals surface area contributed by atoms with Gasteiger partial charge in [0.2, 0.25) is 5.91 Å². The van der Waals surface area contributed by atoms with Gasteiger partial charge in [0.15, 0.2) is 0 Å². The van der Waals surface area contributed by atoms with Crippen LogP contribution in [0.3, 0.4) is 0 Å². The number of benzene rings is 1. The predicted octanol–water partition coefficient (Wildman–Crippen LogP) is 3.99. The fourth-order valence-electron chi connectivity index (χ4n) is 3.54. The van der Waals surface area contributed by atoms with E-state index < -0.39 is 0 Å². The Morgan fingerprint density at radius 2 is 2.00 bits per heavy atom. The van der Waals surface area contributed by atoms with Crippen molar-refractivity contribution in [3.8, 4) is 0 Å². The molecule has 3 nitrogen and oxygen atoms in total. The van der Waals surface area contributed by atoms with Gasteiger partial charge in [0.25, 0.3) is 0 Å². The van der Waals surface area contributed by atoms with Crippen LogP contribution in [0.1, 0.15) is 44.6 Å². The number of carbonyl (C=O) groups excluding carboxylic acids is 1. The lowest BCUT2D eigenvalue weighted by Crippen LogP contribution is -2.40. The highest BCUT2D eigenvalue weighted by atomic mass is 16.2. The maximum absolute atomic E-state index is 12.6.